The molecule has 4 saturated carbocycles. The van der Waals surface area contributed by atoms with Gasteiger partial charge in [0.1, 0.15) is 0 Å². The average Bonchev–Trinajstić information content (AvgIpc) is 3.55. The van der Waals surface area contributed by atoms with E-state index >= 15 is 0 Å². The number of ether oxygens (including phenoxy) is 1. The van der Waals surface area contributed by atoms with Gasteiger partial charge in [-0.2, -0.15) is 0 Å². The number of fused-ring (bicyclic) bond motifs is 5. The molecular formula is C52H101NO3S. The van der Waals surface area contributed by atoms with Crippen LogP contribution in [-0.2, 0) is 8.92 Å². The van der Waals surface area contributed by atoms with Gasteiger partial charge in [0.15, 0.2) is 6.29 Å². The summed E-state index contributed by atoms with van der Waals surface area (Å²) in [5.41, 5.74) is 1.25. The Hall–Kier alpha value is 0.190. The maximum Gasteiger partial charge on any atom is 0.168 e. The van der Waals surface area contributed by atoms with E-state index in [0.717, 1.165) is 67.9 Å². The lowest BCUT2D eigenvalue weighted by Crippen LogP contribution is -2.53. The fraction of sp³-hybridized carbons (Fsp3) is 1.00. The number of nitrogens with zero attached hydrogens (tertiary/aromatic N) is 1. The zero-order valence-corrected chi connectivity index (χ0v) is 40.4. The van der Waals surface area contributed by atoms with E-state index in [0.29, 0.717) is 17.4 Å². The monoisotopic (exact) mass is 820 g/mol. The van der Waals surface area contributed by atoms with E-state index < -0.39 is 10.3 Å². The van der Waals surface area contributed by atoms with Crippen molar-refractivity contribution in [2.45, 2.75) is 234 Å². The Balaban J connectivity index is 1.20. The molecule has 4 aliphatic rings. The minimum absolute atomic E-state index is 0.0367. The summed E-state index contributed by atoms with van der Waals surface area (Å²) in [4.78, 5) is 2.76. The molecule has 0 heterocycles. The van der Waals surface area contributed by atoms with Gasteiger partial charge in [-0.1, -0.05) is 118 Å². The highest BCUT2D eigenvalue weighted by Gasteiger charge is 2.60. The number of hydrogen-bond donors (Lipinski definition) is 1. The summed E-state index contributed by atoms with van der Waals surface area (Å²) in [5.74, 6) is 7.06. The van der Waals surface area contributed by atoms with Crippen LogP contribution in [0.2, 0.25) is 0 Å². The van der Waals surface area contributed by atoms with Gasteiger partial charge >= 0.3 is 0 Å². The fourth-order valence-electron chi connectivity index (χ4n) is 13.5. The minimum Gasteiger partial charge on any atom is -0.396 e. The molecule has 5 heteroatoms. The number of hydrogen-bond acceptors (Lipinski definition) is 4. The van der Waals surface area contributed by atoms with Crippen molar-refractivity contribution in [2.75, 3.05) is 51.1 Å². The molecule has 0 spiro atoms. The predicted molar refractivity (Wildman–Crippen MR) is 251 cm³/mol. The molecule has 57 heavy (non-hydrogen) atoms. The second-order valence-corrected chi connectivity index (χ2v) is 24.9. The molecule has 0 aromatic rings. The second kappa shape index (κ2) is 26.6. The van der Waals surface area contributed by atoms with Gasteiger partial charge in [-0.15, -0.1) is 10.3 Å². The maximum atomic E-state index is 9.57. The van der Waals surface area contributed by atoms with Crippen molar-refractivity contribution in [3.8, 4) is 0 Å². The van der Waals surface area contributed by atoms with Gasteiger partial charge in [-0.3, -0.25) is 0 Å². The Morgan fingerprint density at radius 1 is 0.632 bits per heavy atom. The van der Waals surface area contributed by atoms with Crippen molar-refractivity contribution < 1.29 is 14.0 Å². The van der Waals surface area contributed by atoms with Crippen molar-refractivity contribution in [3.05, 3.63) is 0 Å². The first-order valence-corrected chi connectivity index (χ1v) is 28.5. The molecule has 0 aromatic carbocycles. The van der Waals surface area contributed by atoms with Crippen molar-refractivity contribution in [3.63, 3.8) is 0 Å². The molecular weight excluding hydrogens is 719 g/mol. The number of unbranched alkanes of at least 4 members (excludes halogenated alkanes) is 13. The molecule has 1 N–H and O–H groups in total. The lowest BCUT2D eigenvalue weighted by molar-refractivity contribution is -0.114. The highest BCUT2D eigenvalue weighted by Crippen LogP contribution is 2.68. The van der Waals surface area contributed by atoms with Crippen molar-refractivity contribution in [1.82, 2.24) is 4.90 Å². The number of aliphatic hydroxyl groups is 1. The molecule has 0 bridgehead atoms. The van der Waals surface area contributed by atoms with Gasteiger partial charge in [0, 0.05) is 13.2 Å². The van der Waals surface area contributed by atoms with E-state index in [1.165, 1.54) is 186 Å². The zero-order chi connectivity index (χ0) is 41.0. The standard InChI is InChI=1S/C52H101NO3S/c1-8-10-12-14-16-25-42-55-50(56-57(6,7)43-26-17-15-13-11-9-2)30-19-18-22-38-53(39-23-24-41-54)40-27-28-44(3)47-33-34-48-46-32-31-45-29-20-21-36-51(45,4)49(46)35-37-52(47,48)5/h44-50,54H,8-43H2,1-7H3/t44-,45?,46?,47?,48?,49?,50?,51?,52?/m1/s1. The molecule has 0 aliphatic heterocycles. The second-order valence-electron chi connectivity index (χ2n) is 21.4. The lowest BCUT2D eigenvalue weighted by atomic mass is 9.44. The third-order valence-corrected chi connectivity index (χ3v) is 18.9. The lowest BCUT2D eigenvalue weighted by Gasteiger charge is -2.61. The van der Waals surface area contributed by atoms with E-state index in [4.69, 9.17) is 8.92 Å². The van der Waals surface area contributed by atoms with E-state index in [9.17, 15) is 5.11 Å². The first-order valence-electron chi connectivity index (χ1n) is 25.9. The zero-order valence-electron chi connectivity index (χ0n) is 39.6. The Morgan fingerprint density at radius 2 is 1.28 bits per heavy atom. The largest absolute Gasteiger partial charge is 0.396 e. The summed E-state index contributed by atoms with van der Waals surface area (Å²) in [7, 11) is -1.10. The van der Waals surface area contributed by atoms with Crippen molar-refractivity contribution in [1.29, 1.82) is 0 Å². The maximum absolute atomic E-state index is 9.57. The van der Waals surface area contributed by atoms with Gasteiger partial charge in [-0.05, 0) is 193 Å². The smallest absolute Gasteiger partial charge is 0.168 e. The van der Waals surface area contributed by atoms with E-state index in [1.807, 2.05) is 0 Å². The van der Waals surface area contributed by atoms with Crippen molar-refractivity contribution in [2.24, 2.45) is 46.3 Å². The highest BCUT2D eigenvalue weighted by atomic mass is 32.3. The Morgan fingerprint density at radius 3 is 2.02 bits per heavy atom. The predicted octanol–water partition coefficient (Wildman–Crippen LogP) is 15.1. The van der Waals surface area contributed by atoms with Crippen LogP contribution in [0.4, 0.5) is 0 Å². The van der Waals surface area contributed by atoms with Crippen LogP contribution >= 0.6 is 10.3 Å². The number of aliphatic hydroxyl groups excluding tert-OH is 1. The van der Waals surface area contributed by atoms with Gasteiger partial charge in [-0.25, -0.2) is 0 Å². The molecule has 4 nitrogen and oxygen atoms in total. The Labute approximate surface area is 358 Å². The molecule has 0 radical (unpaired) electrons. The molecule has 0 saturated heterocycles. The first kappa shape index (κ1) is 49.8. The van der Waals surface area contributed by atoms with Gasteiger partial charge < -0.3 is 18.9 Å². The molecule has 0 amide bonds. The molecule has 4 fully saturated rings. The Kier molecular flexibility index (Phi) is 23.3. The summed E-state index contributed by atoms with van der Waals surface area (Å²) in [5, 5.41) is 9.57. The van der Waals surface area contributed by atoms with E-state index in [2.05, 4.69) is 52.0 Å². The van der Waals surface area contributed by atoms with Crippen LogP contribution in [0.3, 0.4) is 0 Å². The van der Waals surface area contributed by atoms with Gasteiger partial charge in [0.2, 0.25) is 0 Å². The van der Waals surface area contributed by atoms with Crippen LogP contribution in [0.15, 0.2) is 0 Å². The van der Waals surface area contributed by atoms with Crippen LogP contribution in [0, 0.1) is 46.3 Å². The van der Waals surface area contributed by atoms with Crippen LogP contribution in [0.1, 0.15) is 227 Å². The fourth-order valence-corrected chi connectivity index (χ4v) is 15.3. The molecule has 9 atom stereocenters. The van der Waals surface area contributed by atoms with Crippen LogP contribution in [0.25, 0.3) is 0 Å². The normalized spacial score (nSPS) is 30.2. The molecule has 8 unspecified atom stereocenters. The Bertz CT molecular complexity index is 1040. The summed E-state index contributed by atoms with van der Waals surface area (Å²) >= 11 is 0. The highest BCUT2D eigenvalue weighted by molar-refractivity contribution is 8.28. The van der Waals surface area contributed by atoms with Crippen LogP contribution in [-0.4, -0.2) is 67.4 Å². The quantitative estimate of drug-likeness (QED) is 0.0542. The summed E-state index contributed by atoms with van der Waals surface area (Å²) < 4.78 is 13.4. The minimum atomic E-state index is -1.10. The van der Waals surface area contributed by atoms with E-state index in [-0.39, 0.29) is 6.29 Å². The van der Waals surface area contributed by atoms with Crippen LogP contribution in [0.5, 0.6) is 0 Å². The van der Waals surface area contributed by atoms with Crippen LogP contribution < -0.4 is 0 Å². The summed E-state index contributed by atoms with van der Waals surface area (Å²) in [6.07, 6.45) is 45.4. The third-order valence-electron chi connectivity index (χ3n) is 16.9. The summed E-state index contributed by atoms with van der Waals surface area (Å²) in [6.45, 7) is 17.5. The van der Waals surface area contributed by atoms with Gasteiger partial charge in [0.25, 0.3) is 0 Å². The SMILES string of the molecule is CCCCCCCCOC(CCCCCN(CCCCO)CCC[C@@H](C)C1CCC2C3CCC4CCCCC4(C)C3CCC21C)OS(C)(C)CCCCCCCC. The van der Waals surface area contributed by atoms with Crippen molar-refractivity contribution >= 4 is 10.3 Å². The van der Waals surface area contributed by atoms with E-state index in [1.54, 1.807) is 6.42 Å². The topological polar surface area (TPSA) is 41.9 Å². The summed E-state index contributed by atoms with van der Waals surface area (Å²) in [6, 6.07) is 0. The third kappa shape index (κ3) is 15.8. The molecule has 0 aromatic heterocycles. The molecule has 4 rings (SSSR count). The molecule has 4 aliphatic carbocycles. The number of rotatable bonds is 32. The van der Waals surface area contributed by atoms with Gasteiger partial charge in [0.05, 0.1) is 0 Å². The molecule has 338 valence electrons. The first-order chi connectivity index (χ1) is 27.6. The average molecular weight is 820 g/mol.